The molecule has 1 aromatic carbocycles. The molecule has 3 unspecified atom stereocenters. The molecule has 1 aliphatic rings. The second-order valence-electron chi connectivity index (χ2n) is 6.80. The third kappa shape index (κ3) is 4.55. The van der Waals surface area contributed by atoms with E-state index in [0.29, 0.717) is 24.0 Å². The summed E-state index contributed by atoms with van der Waals surface area (Å²) in [6.07, 6.45) is 5.68. The van der Waals surface area contributed by atoms with Crippen LogP contribution in [0.15, 0.2) is 24.3 Å². The molecule has 1 N–H and O–H groups in total. The molecular weight excluding hydrogens is 258 g/mol. The van der Waals surface area contributed by atoms with Gasteiger partial charge >= 0.3 is 0 Å². The second kappa shape index (κ2) is 7.95. The van der Waals surface area contributed by atoms with Crippen LogP contribution in [0.2, 0.25) is 0 Å². The van der Waals surface area contributed by atoms with E-state index in [0.717, 1.165) is 6.61 Å². The van der Waals surface area contributed by atoms with Crippen LogP contribution in [0.1, 0.15) is 69.5 Å². The van der Waals surface area contributed by atoms with Crippen molar-refractivity contribution >= 4 is 0 Å². The number of hydrogen-bond acceptors (Lipinski definition) is 2. The van der Waals surface area contributed by atoms with Gasteiger partial charge in [0.05, 0.1) is 18.8 Å². The van der Waals surface area contributed by atoms with Gasteiger partial charge in [0.15, 0.2) is 0 Å². The smallest absolute Gasteiger partial charge is 0.0665 e. The highest BCUT2D eigenvalue weighted by molar-refractivity contribution is 5.26. The average Bonchev–Trinajstić information content (AvgIpc) is 2.50. The summed E-state index contributed by atoms with van der Waals surface area (Å²) in [5.41, 5.74) is 2.72. The molecule has 3 atom stereocenters. The minimum Gasteiger partial charge on any atom is -0.376 e. The zero-order valence-electron chi connectivity index (χ0n) is 14.1. The Morgan fingerprint density at radius 1 is 1.10 bits per heavy atom. The number of likely N-dealkylation sites (N-methyl/N-ethyl adjacent to an activating group) is 1. The van der Waals surface area contributed by atoms with Gasteiger partial charge in [0.1, 0.15) is 0 Å². The second-order valence-corrected chi connectivity index (χ2v) is 6.80. The Morgan fingerprint density at radius 2 is 1.71 bits per heavy atom. The van der Waals surface area contributed by atoms with Gasteiger partial charge in [0.25, 0.3) is 0 Å². The summed E-state index contributed by atoms with van der Waals surface area (Å²) in [5.74, 6) is 1.30. The lowest BCUT2D eigenvalue weighted by atomic mass is 9.88. The molecule has 1 fully saturated rings. The molecule has 2 nitrogen and oxygen atoms in total. The number of nitrogens with one attached hydrogen (secondary N) is 1. The molecule has 1 aliphatic carbocycles. The van der Waals surface area contributed by atoms with Gasteiger partial charge in [-0.25, -0.2) is 0 Å². The van der Waals surface area contributed by atoms with E-state index >= 15 is 0 Å². The summed E-state index contributed by atoms with van der Waals surface area (Å²) in [4.78, 5) is 0. The Labute approximate surface area is 130 Å². The van der Waals surface area contributed by atoms with Crippen molar-refractivity contribution in [3.05, 3.63) is 35.4 Å². The van der Waals surface area contributed by atoms with E-state index in [1.165, 1.54) is 36.8 Å². The first-order chi connectivity index (χ1) is 10.1. The van der Waals surface area contributed by atoms with Crippen LogP contribution in [0.5, 0.6) is 0 Å². The van der Waals surface area contributed by atoms with Crippen LogP contribution in [-0.4, -0.2) is 19.8 Å². The lowest BCUT2D eigenvalue weighted by molar-refractivity contribution is -0.0145. The first kappa shape index (κ1) is 16.5. The SMILES string of the molecule is CNC(COC1CCCCC1C)c1ccc(C(C)C)cc1. The highest BCUT2D eigenvalue weighted by Gasteiger charge is 2.23. The monoisotopic (exact) mass is 289 g/mol. The van der Waals surface area contributed by atoms with E-state index in [-0.39, 0.29) is 0 Å². The van der Waals surface area contributed by atoms with Crippen LogP contribution in [0.3, 0.4) is 0 Å². The van der Waals surface area contributed by atoms with Crippen molar-refractivity contribution in [3.63, 3.8) is 0 Å². The summed E-state index contributed by atoms with van der Waals surface area (Å²) in [6, 6.07) is 9.26. The number of benzene rings is 1. The van der Waals surface area contributed by atoms with E-state index in [9.17, 15) is 0 Å². The molecule has 0 heterocycles. The van der Waals surface area contributed by atoms with Gasteiger partial charge in [-0.05, 0) is 42.9 Å². The molecular formula is C19H31NO. The molecule has 0 bridgehead atoms. The van der Waals surface area contributed by atoms with Gasteiger partial charge in [0.2, 0.25) is 0 Å². The van der Waals surface area contributed by atoms with Crippen LogP contribution in [-0.2, 0) is 4.74 Å². The molecule has 118 valence electrons. The van der Waals surface area contributed by atoms with Crippen LogP contribution in [0.4, 0.5) is 0 Å². The highest BCUT2D eigenvalue weighted by Crippen LogP contribution is 2.27. The minimum atomic E-state index is 0.292. The third-order valence-corrected chi connectivity index (χ3v) is 4.86. The molecule has 2 rings (SSSR count). The molecule has 1 aromatic rings. The quantitative estimate of drug-likeness (QED) is 0.822. The fourth-order valence-electron chi connectivity index (χ4n) is 3.21. The van der Waals surface area contributed by atoms with E-state index < -0.39 is 0 Å². The molecule has 0 spiro atoms. The predicted octanol–water partition coefficient (Wildman–Crippen LogP) is 4.67. The average molecular weight is 289 g/mol. The Hall–Kier alpha value is -0.860. The number of ether oxygens (including phenoxy) is 1. The minimum absolute atomic E-state index is 0.292. The Bertz CT molecular complexity index is 412. The van der Waals surface area contributed by atoms with Crippen molar-refractivity contribution in [3.8, 4) is 0 Å². The van der Waals surface area contributed by atoms with E-state index in [1.807, 2.05) is 7.05 Å². The summed E-state index contributed by atoms with van der Waals surface area (Å²) in [5, 5.41) is 3.40. The van der Waals surface area contributed by atoms with E-state index in [2.05, 4.69) is 50.4 Å². The van der Waals surface area contributed by atoms with Gasteiger partial charge < -0.3 is 10.1 Å². The van der Waals surface area contributed by atoms with Crippen molar-refractivity contribution in [2.45, 2.75) is 64.5 Å². The topological polar surface area (TPSA) is 21.3 Å². The van der Waals surface area contributed by atoms with Crippen molar-refractivity contribution < 1.29 is 4.74 Å². The summed E-state index contributed by atoms with van der Waals surface area (Å²) < 4.78 is 6.22. The largest absolute Gasteiger partial charge is 0.376 e. The maximum Gasteiger partial charge on any atom is 0.0665 e. The molecule has 1 saturated carbocycles. The van der Waals surface area contributed by atoms with Crippen LogP contribution >= 0.6 is 0 Å². The van der Waals surface area contributed by atoms with Gasteiger partial charge in [-0.15, -0.1) is 0 Å². The summed E-state index contributed by atoms with van der Waals surface area (Å²) in [6.45, 7) is 7.57. The molecule has 0 aromatic heterocycles. The molecule has 21 heavy (non-hydrogen) atoms. The first-order valence-electron chi connectivity index (χ1n) is 8.50. The maximum atomic E-state index is 6.22. The lowest BCUT2D eigenvalue weighted by Gasteiger charge is -2.30. The highest BCUT2D eigenvalue weighted by atomic mass is 16.5. The number of rotatable bonds is 6. The van der Waals surface area contributed by atoms with Gasteiger partial charge in [-0.3, -0.25) is 0 Å². The van der Waals surface area contributed by atoms with Gasteiger partial charge in [-0.1, -0.05) is 57.9 Å². The van der Waals surface area contributed by atoms with Crippen molar-refractivity contribution in [1.82, 2.24) is 5.32 Å². The Balaban J connectivity index is 1.92. The fourth-order valence-corrected chi connectivity index (χ4v) is 3.21. The number of hydrogen-bond donors (Lipinski definition) is 1. The summed E-state index contributed by atoms with van der Waals surface area (Å²) in [7, 11) is 2.02. The van der Waals surface area contributed by atoms with E-state index in [4.69, 9.17) is 4.74 Å². The van der Waals surface area contributed by atoms with Gasteiger partial charge in [-0.2, -0.15) is 0 Å². The Kier molecular flexibility index (Phi) is 6.25. The lowest BCUT2D eigenvalue weighted by Crippen LogP contribution is -2.30. The molecule has 2 heteroatoms. The fraction of sp³-hybridized carbons (Fsp3) is 0.684. The summed E-state index contributed by atoms with van der Waals surface area (Å²) >= 11 is 0. The predicted molar refractivity (Wildman–Crippen MR) is 89.7 cm³/mol. The molecule has 0 amide bonds. The molecule has 0 saturated heterocycles. The van der Waals surface area contributed by atoms with Crippen LogP contribution < -0.4 is 5.32 Å². The van der Waals surface area contributed by atoms with Crippen molar-refractivity contribution in [2.24, 2.45) is 5.92 Å². The standard InChI is InChI=1S/C19H31NO/c1-14(2)16-9-11-17(12-10-16)18(20-4)13-21-19-8-6-5-7-15(19)3/h9-12,14-15,18-20H,5-8,13H2,1-4H3. The zero-order chi connectivity index (χ0) is 15.2. The Morgan fingerprint density at radius 3 is 2.29 bits per heavy atom. The maximum absolute atomic E-state index is 6.22. The van der Waals surface area contributed by atoms with E-state index in [1.54, 1.807) is 0 Å². The molecule has 0 radical (unpaired) electrons. The zero-order valence-corrected chi connectivity index (χ0v) is 14.1. The third-order valence-electron chi connectivity index (χ3n) is 4.86. The molecule has 0 aliphatic heterocycles. The first-order valence-corrected chi connectivity index (χ1v) is 8.50. The van der Waals surface area contributed by atoms with Crippen molar-refractivity contribution in [1.29, 1.82) is 0 Å². The van der Waals surface area contributed by atoms with Crippen LogP contribution in [0.25, 0.3) is 0 Å². The van der Waals surface area contributed by atoms with Gasteiger partial charge in [0, 0.05) is 0 Å². The van der Waals surface area contributed by atoms with Crippen LogP contribution in [0, 0.1) is 5.92 Å². The normalized spacial score (nSPS) is 24.2. The van der Waals surface area contributed by atoms with Crippen molar-refractivity contribution in [2.75, 3.05) is 13.7 Å².